The average Bonchev–Trinajstić information content (AvgIpc) is 1.97. The zero-order chi connectivity index (χ0) is 9.14. The molecule has 11 heavy (non-hydrogen) atoms. The van der Waals surface area contributed by atoms with E-state index in [0.717, 1.165) is 0 Å². The van der Waals surface area contributed by atoms with Crippen LogP contribution in [0.25, 0.3) is 0 Å². The molecule has 58 valence electrons. The topological polar surface area (TPSA) is 107 Å². The summed E-state index contributed by atoms with van der Waals surface area (Å²) in [5.41, 5.74) is 10.8. The van der Waals surface area contributed by atoms with Crippen LogP contribution in [0.3, 0.4) is 0 Å². The molecule has 0 unspecified atom stereocenters. The predicted octanol–water partition coefficient (Wildman–Crippen LogP) is -0.791. The molecule has 0 aliphatic heterocycles. The summed E-state index contributed by atoms with van der Waals surface area (Å²) < 4.78 is 6.59. The SMILES string of the molecule is [2H]C(=O)[14NH]c1c(N)[14n][13cH][14n]c1N. The Kier molecular flexibility index (Phi) is 1.51. The van der Waals surface area contributed by atoms with Gasteiger partial charge in [0.2, 0.25) is 6.39 Å². The number of anilines is 3. The smallest absolute Gasteiger partial charge is 0.211 e. The molecule has 5 N–H and O–H groups in total. The molecule has 0 aliphatic carbocycles. The monoisotopic (exact) mass is 155 g/mol. The number of carbonyl (C=O) groups excluding carboxylic acids is 1. The van der Waals surface area contributed by atoms with Crippen LogP contribution in [-0.4, -0.2) is 16.4 Å². The standard InChI is InChI=1S/C5H7N5O/c6-4-3(10-2-11)5(7)9-1-8-4/h1-2H,(H,10,11)(H4,6,7,8,9)/i1+1,2D,8+0,9+0,10+0. The van der Waals surface area contributed by atoms with Crippen LogP contribution in [0.15, 0.2) is 6.33 Å². The number of nitrogens with zero attached hydrogens (tertiary/aromatic N) is 2. The first-order valence-corrected chi connectivity index (χ1v) is 2.75. The van der Waals surface area contributed by atoms with Gasteiger partial charge in [0.25, 0.3) is 0 Å². The van der Waals surface area contributed by atoms with Crippen LogP contribution in [0.1, 0.15) is 1.37 Å². The number of rotatable bonds is 1. The van der Waals surface area contributed by atoms with Crippen molar-refractivity contribution in [2.75, 3.05) is 16.8 Å². The molecule has 0 atom stereocenters. The van der Waals surface area contributed by atoms with Gasteiger partial charge in [0.05, 0.1) is 0 Å². The van der Waals surface area contributed by atoms with Gasteiger partial charge < -0.3 is 16.8 Å². The van der Waals surface area contributed by atoms with E-state index in [1.165, 1.54) is 6.33 Å². The van der Waals surface area contributed by atoms with Gasteiger partial charge in [0, 0.05) is 0 Å². The minimum atomic E-state index is -1.01. The van der Waals surface area contributed by atoms with E-state index in [-0.39, 0.29) is 17.3 Å². The largest absolute Gasteiger partial charge is 0.382 e. The highest BCUT2D eigenvalue weighted by Crippen LogP contribution is 2.19. The first-order valence-electron chi connectivity index (χ1n) is 3.25. The third-order valence-corrected chi connectivity index (χ3v) is 1.08. The average molecular weight is 155 g/mol. The van der Waals surface area contributed by atoms with Crippen molar-refractivity contribution in [3.8, 4) is 0 Å². The predicted molar refractivity (Wildman–Crippen MR) is 40.5 cm³/mol. The molecule has 1 heterocycles. The lowest BCUT2D eigenvalue weighted by Gasteiger charge is -2.03. The van der Waals surface area contributed by atoms with Crippen molar-refractivity contribution in [1.29, 1.82) is 0 Å². The first-order chi connectivity index (χ1) is 5.61. The van der Waals surface area contributed by atoms with E-state index in [1.807, 2.05) is 0 Å². The van der Waals surface area contributed by atoms with Crippen molar-refractivity contribution < 1.29 is 6.17 Å². The molecule has 6 heteroatoms. The van der Waals surface area contributed by atoms with Crippen molar-refractivity contribution in [2.45, 2.75) is 0 Å². The first kappa shape index (κ1) is 5.90. The lowest BCUT2D eigenvalue weighted by molar-refractivity contribution is -0.105. The number of amides is 1. The van der Waals surface area contributed by atoms with E-state index in [0.29, 0.717) is 0 Å². The van der Waals surface area contributed by atoms with Crippen molar-refractivity contribution in [3.05, 3.63) is 6.33 Å². The Morgan fingerprint density at radius 1 is 1.55 bits per heavy atom. The molecule has 1 amide bonds. The van der Waals surface area contributed by atoms with Crippen molar-refractivity contribution in [2.24, 2.45) is 0 Å². The minimum Gasteiger partial charge on any atom is -0.382 e. The Morgan fingerprint density at radius 3 is 2.55 bits per heavy atom. The summed E-state index contributed by atoms with van der Waals surface area (Å²) in [6.45, 7) is 0. The summed E-state index contributed by atoms with van der Waals surface area (Å²) in [7, 11) is 0. The van der Waals surface area contributed by atoms with Gasteiger partial charge in [-0.25, -0.2) is 9.97 Å². The molecule has 0 saturated heterocycles. The van der Waals surface area contributed by atoms with Crippen LogP contribution in [0.4, 0.5) is 17.3 Å². The Hall–Kier alpha value is -1.85. The molecule has 0 spiro atoms. The van der Waals surface area contributed by atoms with Crippen molar-refractivity contribution in [3.63, 3.8) is 0 Å². The molecule has 0 saturated carbocycles. The van der Waals surface area contributed by atoms with Gasteiger partial charge in [-0.2, -0.15) is 0 Å². The Bertz CT molecular complexity index is 294. The lowest BCUT2D eigenvalue weighted by Crippen LogP contribution is -2.06. The fraction of sp³-hybridized carbons (Fsp3) is 0. The van der Waals surface area contributed by atoms with Gasteiger partial charge in [0.1, 0.15) is 13.4 Å². The van der Waals surface area contributed by atoms with E-state index < -0.39 is 6.39 Å². The minimum absolute atomic E-state index is 0.0445. The number of nitrogen functional groups attached to an aromatic ring is 2. The van der Waals surface area contributed by atoms with Crippen LogP contribution in [-0.2, 0) is 4.79 Å². The van der Waals surface area contributed by atoms with E-state index >= 15 is 0 Å². The highest BCUT2D eigenvalue weighted by molar-refractivity contribution is 5.84. The number of hydrogen-bond donors (Lipinski definition) is 3. The Morgan fingerprint density at radius 2 is 2.09 bits per heavy atom. The van der Waals surface area contributed by atoms with Crippen molar-refractivity contribution in [1.82, 2.24) is 9.97 Å². The van der Waals surface area contributed by atoms with E-state index in [9.17, 15) is 4.79 Å². The van der Waals surface area contributed by atoms with Crippen LogP contribution >= 0.6 is 0 Å². The molecular weight excluding hydrogens is 147 g/mol. The van der Waals surface area contributed by atoms with Gasteiger partial charge in [-0.15, -0.1) is 0 Å². The second kappa shape index (κ2) is 2.82. The summed E-state index contributed by atoms with van der Waals surface area (Å²) in [5, 5.41) is 2.09. The van der Waals surface area contributed by atoms with Gasteiger partial charge in [0.15, 0.2) is 11.6 Å². The summed E-state index contributed by atoms with van der Waals surface area (Å²) >= 11 is 0. The molecule has 0 aromatic carbocycles. The molecule has 0 bridgehead atoms. The normalized spacial score (nSPS) is 10.4. The molecule has 0 radical (unpaired) electrons. The van der Waals surface area contributed by atoms with Crippen molar-refractivity contribution >= 4 is 23.7 Å². The van der Waals surface area contributed by atoms with Crippen LogP contribution in [0, 0.1) is 0 Å². The van der Waals surface area contributed by atoms with Crippen LogP contribution in [0.5, 0.6) is 0 Å². The molecule has 6 nitrogen and oxygen atoms in total. The quantitative estimate of drug-likeness (QED) is 0.460. The number of carbonyl (C=O) groups is 1. The highest BCUT2D eigenvalue weighted by Gasteiger charge is 2.03. The van der Waals surface area contributed by atoms with Gasteiger partial charge >= 0.3 is 0 Å². The van der Waals surface area contributed by atoms with E-state index in [2.05, 4.69) is 15.3 Å². The second-order valence-electron chi connectivity index (χ2n) is 1.75. The Labute approximate surface area is 64.0 Å². The zero-order valence-corrected chi connectivity index (χ0v) is 5.53. The van der Waals surface area contributed by atoms with E-state index in [4.69, 9.17) is 12.8 Å². The fourth-order valence-electron chi connectivity index (χ4n) is 0.593. The zero-order valence-electron chi connectivity index (χ0n) is 6.53. The molecule has 0 fully saturated rings. The lowest BCUT2D eigenvalue weighted by atomic mass is 10.4. The molecule has 0 aliphatic rings. The fourth-order valence-corrected chi connectivity index (χ4v) is 0.593. The number of nitrogens with two attached hydrogens (primary N) is 2. The maximum absolute atomic E-state index is 10.3. The molecule has 1 rings (SSSR count). The second-order valence-corrected chi connectivity index (χ2v) is 1.75. The molecule has 1 aromatic rings. The third kappa shape index (κ3) is 1.34. The summed E-state index contributed by atoms with van der Waals surface area (Å²) in [4.78, 5) is 17.5. The third-order valence-electron chi connectivity index (χ3n) is 1.08. The van der Waals surface area contributed by atoms with E-state index in [1.54, 1.807) is 0 Å². The van der Waals surface area contributed by atoms with Gasteiger partial charge in [-0.05, 0) is 0 Å². The van der Waals surface area contributed by atoms with Gasteiger partial charge in [-0.1, -0.05) is 0 Å². The summed E-state index contributed by atoms with van der Waals surface area (Å²) in [6, 6.07) is 0. The summed E-state index contributed by atoms with van der Waals surface area (Å²) in [6.07, 6.45) is 0.160. The maximum Gasteiger partial charge on any atom is 0.211 e. The molecular formula is C5H7N5O. The van der Waals surface area contributed by atoms with Crippen LogP contribution in [0.2, 0.25) is 0 Å². The summed E-state index contributed by atoms with van der Waals surface area (Å²) in [5.74, 6) is 0.0891. The Balaban J connectivity index is 3.04. The maximum atomic E-state index is 10.3. The van der Waals surface area contributed by atoms with Crippen LogP contribution < -0.4 is 16.8 Å². The molecule has 1 aromatic heterocycles. The number of nitrogens with one attached hydrogen (secondary N) is 1. The van der Waals surface area contributed by atoms with Gasteiger partial charge in [-0.3, -0.25) is 4.79 Å². The number of hydrogen-bond acceptors (Lipinski definition) is 5. The highest BCUT2D eigenvalue weighted by atomic mass is 16.1. The number of aromatic nitrogens is 2.